The van der Waals surface area contributed by atoms with Crippen LogP contribution in [-0.4, -0.2) is 18.8 Å². The van der Waals surface area contributed by atoms with Gasteiger partial charge in [0.05, 0.1) is 13.0 Å². The van der Waals surface area contributed by atoms with Crippen molar-refractivity contribution in [2.24, 2.45) is 0 Å². The topological polar surface area (TPSA) is 26.3 Å². The molecule has 0 spiro atoms. The van der Waals surface area contributed by atoms with E-state index in [4.69, 9.17) is 11.6 Å². The first-order valence-electron chi connectivity index (χ1n) is 4.13. The zero-order chi connectivity index (χ0) is 10.6. The van der Waals surface area contributed by atoms with Gasteiger partial charge in [0.1, 0.15) is 0 Å². The minimum Gasteiger partial charge on any atom is -0.469 e. The van der Waals surface area contributed by atoms with Gasteiger partial charge in [-0.2, -0.15) is 12.6 Å². The summed E-state index contributed by atoms with van der Waals surface area (Å²) in [7, 11) is 1.36. The number of carbonyl (C=O) groups excluding carboxylic acids is 1. The summed E-state index contributed by atoms with van der Waals surface area (Å²) in [5, 5.41) is 0.609. The number of benzene rings is 1. The monoisotopic (exact) mass is 230 g/mol. The van der Waals surface area contributed by atoms with E-state index in [2.05, 4.69) is 17.4 Å². The smallest absolute Gasteiger partial charge is 0.313 e. The third-order valence-corrected chi connectivity index (χ3v) is 2.52. The lowest BCUT2D eigenvalue weighted by molar-refractivity contribution is -0.141. The molecule has 1 unspecified atom stereocenters. The number of rotatable bonds is 3. The third-order valence-electron chi connectivity index (χ3n) is 1.92. The van der Waals surface area contributed by atoms with Crippen LogP contribution in [-0.2, 0) is 9.53 Å². The highest BCUT2D eigenvalue weighted by Gasteiger charge is 2.19. The van der Waals surface area contributed by atoms with Crippen LogP contribution in [0.25, 0.3) is 0 Å². The molecule has 2 nitrogen and oxygen atoms in total. The fraction of sp³-hybridized carbons (Fsp3) is 0.300. The Balaban J connectivity index is 2.94. The third kappa shape index (κ3) is 2.66. The Kier molecular flexibility index (Phi) is 4.29. The zero-order valence-corrected chi connectivity index (χ0v) is 9.39. The molecule has 14 heavy (non-hydrogen) atoms. The van der Waals surface area contributed by atoms with E-state index < -0.39 is 0 Å². The van der Waals surface area contributed by atoms with Gasteiger partial charge in [-0.25, -0.2) is 0 Å². The Hall–Kier alpha value is -0.670. The molecule has 1 aromatic rings. The lowest BCUT2D eigenvalue weighted by Crippen LogP contribution is -2.15. The quantitative estimate of drug-likeness (QED) is 0.638. The van der Waals surface area contributed by atoms with Crippen molar-refractivity contribution in [1.82, 2.24) is 0 Å². The van der Waals surface area contributed by atoms with Crippen LogP contribution < -0.4 is 0 Å². The van der Waals surface area contributed by atoms with Crippen molar-refractivity contribution in [2.75, 3.05) is 12.9 Å². The second kappa shape index (κ2) is 5.27. The van der Waals surface area contributed by atoms with Gasteiger partial charge in [-0.05, 0) is 17.7 Å². The van der Waals surface area contributed by atoms with E-state index in [9.17, 15) is 4.79 Å². The molecule has 0 aliphatic heterocycles. The van der Waals surface area contributed by atoms with Crippen molar-refractivity contribution in [1.29, 1.82) is 0 Å². The molecule has 0 radical (unpaired) electrons. The van der Waals surface area contributed by atoms with Crippen LogP contribution in [0.15, 0.2) is 24.3 Å². The highest BCUT2D eigenvalue weighted by Crippen LogP contribution is 2.21. The maximum Gasteiger partial charge on any atom is 0.313 e. The molecule has 4 heteroatoms. The van der Waals surface area contributed by atoms with Crippen molar-refractivity contribution < 1.29 is 9.53 Å². The highest BCUT2D eigenvalue weighted by atomic mass is 35.5. The Morgan fingerprint density at radius 1 is 1.64 bits per heavy atom. The molecule has 0 fully saturated rings. The van der Waals surface area contributed by atoms with Gasteiger partial charge in [0.25, 0.3) is 0 Å². The molecule has 1 rings (SSSR count). The predicted molar refractivity (Wildman–Crippen MR) is 60.1 cm³/mol. The number of thiol groups is 1. The van der Waals surface area contributed by atoms with Gasteiger partial charge in [0, 0.05) is 10.8 Å². The average molecular weight is 231 g/mol. The first kappa shape index (κ1) is 11.4. The lowest BCUT2D eigenvalue weighted by Gasteiger charge is -2.12. The van der Waals surface area contributed by atoms with Crippen LogP contribution in [0.2, 0.25) is 5.02 Å². The molecule has 76 valence electrons. The summed E-state index contributed by atoms with van der Waals surface area (Å²) in [6.07, 6.45) is 0. The molecule has 0 saturated carbocycles. The second-order valence-corrected chi connectivity index (χ2v) is 3.61. The van der Waals surface area contributed by atoms with E-state index in [1.807, 2.05) is 6.07 Å². The summed E-state index contributed by atoms with van der Waals surface area (Å²) < 4.78 is 4.67. The van der Waals surface area contributed by atoms with Crippen LogP contribution >= 0.6 is 24.2 Å². The molecule has 0 bridgehead atoms. The maximum absolute atomic E-state index is 11.3. The van der Waals surface area contributed by atoms with Gasteiger partial charge in [-0.1, -0.05) is 23.7 Å². The summed E-state index contributed by atoms with van der Waals surface area (Å²) >= 11 is 9.93. The van der Waals surface area contributed by atoms with Gasteiger partial charge in [0.2, 0.25) is 0 Å². The van der Waals surface area contributed by atoms with Crippen molar-refractivity contribution in [3.63, 3.8) is 0 Å². The molecule has 1 aromatic carbocycles. The summed E-state index contributed by atoms with van der Waals surface area (Å²) in [6, 6.07) is 7.15. The summed E-state index contributed by atoms with van der Waals surface area (Å²) in [4.78, 5) is 11.3. The van der Waals surface area contributed by atoms with Crippen molar-refractivity contribution in [3.05, 3.63) is 34.9 Å². The minimum atomic E-state index is -0.345. The zero-order valence-electron chi connectivity index (χ0n) is 7.74. The number of hydrogen-bond acceptors (Lipinski definition) is 3. The number of halogens is 1. The van der Waals surface area contributed by atoms with Crippen molar-refractivity contribution in [2.45, 2.75) is 5.92 Å². The normalized spacial score (nSPS) is 12.2. The van der Waals surface area contributed by atoms with Crippen molar-refractivity contribution >= 4 is 30.2 Å². The van der Waals surface area contributed by atoms with Crippen LogP contribution in [0.3, 0.4) is 0 Å². The predicted octanol–water partition coefficient (Wildman–Crippen LogP) is 2.53. The standard InChI is InChI=1S/C10H11ClO2S/c1-13-10(12)9(6-14)7-3-2-4-8(11)5-7/h2-5,9,14H,6H2,1H3. The van der Waals surface area contributed by atoms with E-state index in [-0.39, 0.29) is 11.9 Å². The van der Waals surface area contributed by atoms with E-state index >= 15 is 0 Å². The Bertz CT molecular complexity index is 328. The molecule has 0 N–H and O–H groups in total. The Labute approximate surface area is 93.6 Å². The molecule has 1 atom stereocenters. The lowest BCUT2D eigenvalue weighted by atomic mass is 10.0. The van der Waals surface area contributed by atoms with Gasteiger partial charge in [-0.15, -0.1) is 0 Å². The molecular weight excluding hydrogens is 220 g/mol. The highest BCUT2D eigenvalue weighted by molar-refractivity contribution is 7.80. The van der Waals surface area contributed by atoms with Gasteiger partial charge in [0.15, 0.2) is 0 Å². The first-order chi connectivity index (χ1) is 6.69. The maximum atomic E-state index is 11.3. The number of hydrogen-bond donors (Lipinski definition) is 1. The molecule has 0 saturated heterocycles. The summed E-state index contributed by atoms with van der Waals surface area (Å²) in [5.74, 6) is -0.225. The number of ether oxygens (including phenoxy) is 1. The van der Waals surface area contributed by atoms with E-state index in [0.717, 1.165) is 5.56 Å². The minimum absolute atomic E-state index is 0.290. The SMILES string of the molecule is COC(=O)C(CS)c1cccc(Cl)c1. The fourth-order valence-corrected chi connectivity index (χ4v) is 1.74. The van der Waals surface area contributed by atoms with Gasteiger partial charge < -0.3 is 4.74 Å². The van der Waals surface area contributed by atoms with E-state index in [0.29, 0.717) is 10.8 Å². The Morgan fingerprint density at radius 3 is 2.86 bits per heavy atom. The summed E-state index contributed by atoms with van der Waals surface area (Å²) in [5.41, 5.74) is 0.833. The van der Waals surface area contributed by atoms with Crippen LogP contribution in [0.4, 0.5) is 0 Å². The average Bonchev–Trinajstić information content (AvgIpc) is 2.19. The van der Waals surface area contributed by atoms with Crippen molar-refractivity contribution in [3.8, 4) is 0 Å². The van der Waals surface area contributed by atoms with Gasteiger partial charge in [-0.3, -0.25) is 4.79 Å². The Morgan fingerprint density at radius 2 is 2.36 bits per heavy atom. The van der Waals surface area contributed by atoms with E-state index in [1.54, 1.807) is 18.2 Å². The summed E-state index contributed by atoms with van der Waals surface area (Å²) in [6.45, 7) is 0. The number of methoxy groups -OCH3 is 1. The number of esters is 1. The molecule has 0 aromatic heterocycles. The van der Waals surface area contributed by atoms with E-state index in [1.165, 1.54) is 7.11 Å². The molecule has 0 heterocycles. The molecule has 0 aliphatic carbocycles. The first-order valence-corrected chi connectivity index (χ1v) is 5.14. The second-order valence-electron chi connectivity index (χ2n) is 2.81. The molecule has 0 aliphatic rings. The fourth-order valence-electron chi connectivity index (χ4n) is 1.18. The largest absolute Gasteiger partial charge is 0.469 e. The molecule has 0 amide bonds. The molecular formula is C10H11ClO2S. The van der Waals surface area contributed by atoms with Crippen LogP contribution in [0.5, 0.6) is 0 Å². The van der Waals surface area contributed by atoms with Crippen LogP contribution in [0, 0.1) is 0 Å². The number of carbonyl (C=O) groups is 1. The van der Waals surface area contributed by atoms with Crippen LogP contribution in [0.1, 0.15) is 11.5 Å². The van der Waals surface area contributed by atoms with Gasteiger partial charge >= 0.3 is 5.97 Å².